The molecule has 9 nitrogen and oxygen atoms in total. The molecule has 0 saturated heterocycles. The lowest BCUT2D eigenvalue weighted by Crippen LogP contribution is -2.11. The Balaban J connectivity index is 1.78. The van der Waals surface area contributed by atoms with Gasteiger partial charge in [-0.1, -0.05) is 0 Å². The number of halogens is 4. The molecule has 2 heterocycles. The summed E-state index contributed by atoms with van der Waals surface area (Å²) in [4.78, 5) is 22.3. The topological polar surface area (TPSA) is 123 Å². The summed E-state index contributed by atoms with van der Waals surface area (Å²) in [7, 11) is 0. The molecular formula is C17H12F4N4O5. The van der Waals surface area contributed by atoms with E-state index in [0.29, 0.717) is 10.7 Å². The molecule has 1 amide bonds. The van der Waals surface area contributed by atoms with Crippen LogP contribution in [0.5, 0.6) is 5.75 Å². The second-order valence-corrected chi connectivity index (χ2v) is 5.93. The van der Waals surface area contributed by atoms with E-state index in [4.69, 9.17) is 4.42 Å². The Bertz CT molecular complexity index is 1100. The quantitative estimate of drug-likeness (QED) is 0.251. The molecule has 0 fully saturated rings. The third-order valence-corrected chi connectivity index (χ3v) is 3.91. The highest BCUT2D eigenvalue weighted by molar-refractivity contribution is 6.03. The number of hydrogen-bond donors (Lipinski definition) is 2. The third-order valence-electron chi connectivity index (χ3n) is 3.91. The van der Waals surface area contributed by atoms with Crippen molar-refractivity contribution in [1.82, 2.24) is 9.78 Å². The molecule has 0 spiro atoms. The molecule has 0 atom stereocenters. The zero-order chi connectivity index (χ0) is 22.0. The van der Waals surface area contributed by atoms with Crippen LogP contribution in [0.4, 0.5) is 28.9 Å². The molecule has 3 aromatic rings. The lowest BCUT2D eigenvalue weighted by molar-refractivity contribution is -0.384. The van der Waals surface area contributed by atoms with E-state index in [-0.39, 0.29) is 22.9 Å². The fourth-order valence-corrected chi connectivity index (χ4v) is 2.52. The molecule has 0 bridgehead atoms. The first-order valence-electron chi connectivity index (χ1n) is 8.17. The number of nitrogens with zero attached hydrogens (tertiary/aromatic N) is 3. The Labute approximate surface area is 164 Å². The van der Waals surface area contributed by atoms with Crippen LogP contribution in [0.1, 0.15) is 40.6 Å². The van der Waals surface area contributed by atoms with Crippen LogP contribution in [-0.4, -0.2) is 25.7 Å². The molecule has 2 N–H and O–H groups in total. The van der Waals surface area contributed by atoms with Crippen molar-refractivity contribution < 1.29 is 36.8 Å². The van der Waals surface area contributed by atoms with Gasteiger partial charge in [-0.2, -0.15) is 5.10 Å². The number of furan rings is 1. The molecule has 13 heteroatoms. The van der Waals surface area contributed by atoms with Crippen LogP contribution < -0.4 is 5.32 Å². The van der Waals surface area contributed by atoms with E-state index in [1.54, 1.807) is 0 Å². The third kappa shape index (κ3) is 4.39. The van der Waals surface area contributed by atoms with Crippen LogP contribution in [-0.2, 0) is 6.54 Å². The number of nitro groups is 1. The molecule has 0 unspecified atom stereocenters. The number of anilines is 1. The highest BCUT2D eigenvalue weighted by Gasteiger charge is 2.22. The molecule has 1 aromatic carbocycles. The van der Waals surface area contributed by atoms with E-state index in [1.807, 2.05) is 0 Å². The van der Waals surface area contributed by atoms with E-state index in [2.05, 4.69) is 10.4 Å². The number of phenols is 1. The highest BCUT2D eigenvalue weighted by Crippen LogP contribution is 2.29. The molecule has 30 heavy (non-hydrogen) atoms. The minimum absolute atomic E-state index is 0.0331. The van der Waals surface area contributed by atoms with Crippen LogP contribution in [0.25, 0.3) is 0 Å². The fourth-order valence-electron chi connectivity index (χ4n) is 2.52. The number of amides is 1. The van der Waals surface area contributed by atoms with Gasteiger partial charge in [0.15, 0.2) is 5.76 Å². The number of alkyl halides is 4. The number of nitro benzene ring substituents is 1. The van der Waals surface area contributed by atoms with Crippen molar-refractivity contribution in [3.63, 3.8) is 0 Å². The van der Waals surface area contributed by atoms with Crippen molar-refractivity contribution in [1.29, 1.82) is 0 Å². The minimum Gasteiger partial charge on any atom is -0.506 e. The average molecular weight is 428 g/mol. The smallest absolute Gasteiger partial charge is 0.291 e. The summed E-state index contributed by atoms with van der Waals surface area (Å²) in [6.45, 7) is -0.443. The number of aromatic nitrogens is 2. The van der Waals surface area contributed by atoms with E-state index in [1.165, 1.54) is 12.1 Å². The molecule has 0 aliphatic heterocycles. The van der Waals surface area contributed by atoms with Gasteiger partial charge in [-0.15, -0.1) is 0 Å². The number of rotatable bonds is 7. The van der Waals surface area contributed by atoms with Crippen molar-refractivity contribution in [2.75, 3.05) is 5.32 Å². The van der Waals surface area contributed by atoms with Crippen LogP contribution >= 0.6 is 0 Å². The minimum atomic E-state index is -3.06. The molecule has 2 aromatic heterocycles. The first-order chi connectivity index (χ1) is 14.2. The first-order valence-corrected chi connectivity index (χ1v) is 8.17. The molecule has 158 valence electrons. The summed E-state index contributed by atoms with van der Waals surface area (Å²) in [5.41, 5.74) is -2.19. The number of carbonyl (C=O) groups excluding carboxylic acids is 1. The van der Waals surface area contributed by atoms with Gasteiger partial charge in [-0.3, -0.25) is 19.6 Å². The standard InChI is InChI=1S/C17H12F4N4O5/c18-15(19)11-6-12(16(20)21)24(23-11)7-9-2-4-14(30-9)17(27)22-10-5-8(25(28)29)1-3-13(10)26/h1-6,15-16,26H,7H2,(H,22,27). The lowest BCUT2D eigenvalue weighted by atomic mass is 10.2. The summed E-state index contributed by atoms with van der Waals surface area (Å²) >= 11 is 0. The van der Waals surface area contributed by atoms with Gasteiger partial charge in [0.1, 0.15) is 22.9 Å². The summed E-state index contributed by atoms with van der Waals surface area (Å²) in [5.74, 6) is -1.66. The van der Waals surface area contributed by atoms with E-state index < -0.39 is 47.4 Å². The zero-order valence-corrected chi connectivity index (χ0v) is 14.8. The fraction of sp³-hybridized carbons (Fsp3) is 0.176. The largest absolute Gasteiger partial charge is 0.506 e. The van der Waals surface area contributed by atoms with Crippen LogP contribution in [0.15, 0.2) is 40.8 Å². The zero-order valence-electron chi connectivity index (χ0n) is 14.8. The maximum Gasteiger partial charge on any atom is 0.291 e. The second kappa shape index (κ2) is 8.23. The van der Waals surface area contributed by atoms with Crippen molar-refractivity contribution >= 4 is 17.3 Å². The van der Waals surface area contributed by atoms with E-state index in [0.717, 1.165) is 18.2 Å². The Morgan fingerprint density at radius 1 is 1.20 bits per heavy atom. The molecule has 3 rings (SSSR count). The lowest BCUT2D eigenvalue weighted by Gasteiger charge is -2.06. The monoisotopic (exact) mass is 428 g/mol. The normalized spacial score (nSPS) is 11.3. The van der Waals surface area contributed by atoms with Gasteiger partial charge in [0, 0.05) is 12.1 Å². The predicted octanol–water partition coefficient (Wildman–Crippen LogP) is 4.27. The van der Waals surface area contributed by atoms with Crippen molar-refractivity contribution in [2.24, 2.45) is 0 Å². The summed E-state index contributed by atoms with van der Waals surface area (Å²) in [5, 5.41) is 26.2. The maximum absolute atomic E-state index is 13.0. The predicted molar refractivity (Wildman–Crippen MR) is 92.7 cm³/mol. The number of aromatic hydroxyl groups is 1. The molecule has 0 radical (unpaired) electrons. The number of hydrogen-bond acceptors (Lipinski definition) is 6. The summed E-state index contributed by atoms with van der Waals surface area (Å²) < 4.78 is 57.4. The molecule has 0 aliphatic carbocycles. The second-order valence-electron chi connectivity index (χ2n) is 5.93. The molecule has 0 saturated carbocycles. The van der Waals surface area contributed by atoms with Crippen molar-refractivity contribution in [3.8, 4) is 5.75 Å². The van der Waals surface area contributed by atoms with Gasteiger partial charge in [-0.05, 0) is 24.3 Å². The van der Waals surface area contributed by atoms with Gasteiger partial charge >= 0.3 is 0 Å². The van der Waals surface area contributed by atoms with E-state index in [9.17, 15) is 37.6 Å². The number of phenolic OH excluding ortho intramolecular Hbond substituents is 1. The highest BCUT2D eigenvalue weighted by atomic mass is 19.3. The summed E-state index contributed by atoms with van der Waals surface area (Å²) in [6, 6.07) is 6.00. The number of benzene rings is 1. The Hall–Kier alpha value is -3.90. The maximum atomic E-state index is 13.0. The van der Waals surface area contributed by atoms with Gasteiger partial charge in [0.05, 0.1) is 17.2 Å². The van der Waals surface area contributed by atoms with Crippen LogP contribution in [0.2, 0.25) is 0 Å². The average Bonchev–Trinajstić information content (AvgIpc) is 3.31. The first kappa shape index (κ1) is 20.8. The van der Waals surface area contributed by atoms with E-state index >= 15 is 0 Å². The number of nitrogens with one attached hydrogen (secondary N) is 1. The van der Waals surface area contributed by atoms with Crippen LogP contribution in [0, 0.1) is 10.1 Å². The summed E-state index contributed by atoms with van der Waals surface area (Å²) in [6.07, 6.45) is -6.09. The Morgan fingerprint density at radius 3 is 2.57 bits per heavy atom. The SMILES string of the molecule is O=C(Nc1cc([N+](=O)[O-])ccc1O)c1ccc(Cn2nc(C(F)F)cc2C(F)F)o1. The van der Waals surface area contributed by atoms with Gasteiger partial charge < -0.3 is 14.8 Å². The number of non-ortho nitro benzene ring substituents is 1. The van der Waals surface area contributed by atoms with Crippen LogP contribution in [0.3, 0.4) is 0 Å². The number of carbonyl (C=O) groups is 1. The van der Waals surface area contributed by atoms with Crippen molar-refractivity contribution in [3.05, 3.63) is 69.4 Å². The van der Waals surface area contributed by atoms with Crippen molar-refractivity contribution in [2.45, 2.75) is 19.4 Å². The molecular weight excluding hydrogens is 416 g/mol. The van der Waals surface area contributed by atoms with Gasteiger partial charge in [0.2, 0.25) is 0 Å². The Morgan fingerprint density at radius 2 is 1.93 bits per heavy atom. The van der Waals surface area contributed by atoms with Gasteiger partial charge in [0.25, 0.3) is 24.4 Å². The molecule has 0 aliphatic rings. The van der Waals surface area contributed by atoms with Gasteiger partial charge in [-0.25, -0.2) is 17.6 Å². The Kier molecular flexibility index (Phi) is 5.71.